The predicted octanol–water partition coefficient (Wildman–Crippen LogP) is 4.91. The van der Waals surface area contributed by atoms with Crippen molar-refractivity contribution in [2.45, 2.75) is 57.4 Å². The van der Waals surface area contributed by atoms with Crippen LogP contribution in [0.3, 0.4) is 0 Å². The number of hydrogen-bond donors (Lipinski definition) is 1. The van der Waals surface area contributed by atoms with E-state index in [9.17, 15) is 4.79 Å². The monoisotopic (exact) mass is 419 g/mol. The fourth-order valence-corrected chi connectivity index (χ4v) is 4.16. The summed E-state index contributed by atoms with van der Waals surface area (Å²) in [7, 11) is 0. The van der Waals surface area contributed by atoms with E-state index in [1.165, 1.54) is 5.56 Å². The zero-order valence-corrected chi connectivity index (χ0v) is 17.9. The average Bonchev–Trinajstić information content (AvgIpc) is 3.29. The van der Waals surface area contributed by atoms with Crippen molar-refractivity contribution in [3.8, 4) is 17.1 Å². The van der Waals surface area contributed by atoms with E-state index in [-0.39, 0.29) is 11.9 Å². The highest BCUT2D eigenvalue weighted by Crippen LogP contribution is 2.32. The van der Waals surface area contributed by atoms with Crippen LogP contribution in [0.4, 0.5) is 0 Å². The molecule has 0 aliphatic heterocycles. The molecule has 6 heteroatoms. The molecule has 2 aromatic carbocycles. The molecule has 0 bridgehead atoms. The van der Waals surface area contributed by atoms with Crippen molar-refractivity contribution in [2.24, 2.45) is 0 Å². The average molecular weight is 420 g/mol. The van der Waals surface area contributed by atoms with Gasteiger partial charge in [0.1, 0.15) is 5.75 Å². The van der Waals surface area contributed by atoms with Crippen LogP contribution in [0, 0.1) is 0 Å². The molecule has 0 unspecified atom stereocenters. The van der Waals surface area contributed by atoms with Crippen molar-refractivity contribution in [1.29, 1.82) is 0 Å². The minimum atomic E-state index is 0.0454. The summed E-state index contributed by atoms with van der Waals surface area (Å²) in [6.45, 7) is 2.58. The van der Waals surface area contributed by atoms with Gasteiger partial charge < -0.3 is 14.6 Å². The lowest BCUT2D eigenvalue weighted by atomic mass is 9.82. The van der Waals surface area contributed by atoms with Crippen LogP contribution in [0.1, 0.15) is 56.4 Å². The second-order valence-electron chi connectivity index (χ2n) is 8.00. The van der Waals surface area contributed by atoms with Gasteiger partial charge in [-0.15, -0.1) is 0 Å². The van der Waals surface area contributed by atoms with Gasteiger partial charge in [0.2, 0.25) is 17.6 Å². The summed E-state index contributed by atoms with van der Waals surface area (Å²) in [6, 6.07) is 18.5. The molecule has 1 amide bonds. The van der Waals surface area contributed by atoms with Gasteiger partial charge in [0, 0.05) is 24.4 Å². The Morgan fingerprint density at radius 3 is 2.52 bits per heavy atom. The lowest BCUT2D eigenvalue weighted by molar-refractivity contribution is -0.122. The van der Waals surface area contributed by atoms with E-state index in [0.717, 1.165) is 37.0 Å². The van der Waals surface area contributed by atoms with E-state index in [1.54, 1.807) is 0 Å². The van der Waals surface area contributed by atoms with Crippen LogP contribution in [0.15, 0.2) is 59.1 Å². The number of aromatic nitrogens is 2. The summed E-state index contributed by atoms with van der Waals surface area (Å²) >= 11 is 0. The molecule has 1 aliphatic carbocycles. The van der Waals surface area contributed by atoms with Gasteiger partial charge in [-0.3, -0.25) is 4.79 Å². The molecule has 3 aromatic rings. The number of nitrogens with zero attached hydrogens (tertiary/aromatic N) is 2. The number of carbonyl (C=O) groups is 1. The van der Waals surface area contributed by atoms with Gasteiger partial charge in [0.05, 0.1) is 6.61 Å². The zero-order valence-electron chi connectivity index (χ0n) is 17.9. The molecule has 0 radical (unpaired) electrons. The van der Waals surface area contributed by atoms with E-state index in [2.05, 4.69) is 45.8 Å². The molecule has 1 aliphatic rings. The van der Waals surface area contributed by atoms with Crippen molar-refractivity contribution in [1.82, 2.24) is 15.5 Å². The molecule has 1 fully saturated rings. The SMILES string of the molecule is CCOc1ccc(-c2noc(CCC(=O)NC3CCC(c4ccccc4)CC3)n2)cc1. The van der Waals surface area contributed by atoms with Crippen molar-refractivity contribution in [2.75, 3.05) is 6.61 Å². The van der Waals surface area contributed by atoms with Crippen LogP contribution >= 0.6 is 0 Å². The van der Waals surface area contributed by atoms with Crippen LogP contribution in [0.5, 0.6) is 5.75 Å². The maximum Gasteiger partial charge on any atom is 0.227 e. The van der Waals surface area contributed by atoms with E-state index in [0.29, 0.717) is 37.1 Å². The number of aryl methyl sites for hydroxylation is 1. The molecule has 0 spiro atoms. The van der Waals surface area contributed by atoms with E-state index in [1.807, 2.05) is 31.2 Å². The second-order valence-corrected chi connectivity index (χ2v) is 8.00. The maximum atomic E-state index is 12.4. The normalized spacial score (nSPS) is 18.5. The first kappa shape index (κ1) is 21.1. The number of hydrogen-bond acceptors (Lipinski definition) is 5. The van der Waals surface area contributed by atoms with Crippen molar-refractivity contribution < 1.29 is 14.1 Å². The first-order valence-electron chi connectivity index (χ1n) is 11.1. The first-order chi connectivity index (χ1) is 15.2. The summed E-state index contributed by atoms with van der Waals surface area (Å²) in [5.74, 6) is 2.46. The summed E-state index contributed by atoms with van der Waals surface area (Å²) in [4.78, 5) is 16.8. The molecular formula is C25H29N3O3. The van der Waals surface area contributed by atoms with Crippen molar-refractivity contribution >= 4 is 5.91 Å². The molecule has 6 nitrogen and oxygen atoms in total. The number of benzene rings is 2. The maximum absolute atomic E-state index is 12.4. The Kier molecular flexibility index (Phi) is 6.97. The Morgan fingerprint density at radius 2 is 1.81 bits per heavy atom. The molecule has 0 saturated heterocycles. The third-order valence-corrected chi connectivity index (χ3v) is 5.82. The summed E-state index contributed by atoms with van der Waals surface area (Å²) in [6.07, 6.45) is 5.06. The number of carbonyl (C=O) groups excluding carboxylic acids is 1. The van der Waals surface area contributed by atoms with Crippen LogP contribution < -0.4 is 10.1 Å². The summed E-state index contributed by atoms with van der Waals surface area (Å²) in [5.41, 5.74) is 2.27. The Balaban J connectivity index is 1.22. The fraction of sp³-hybridized carbons (Fsp3) is 0.400. The Hall–Kier alpha value is -3.15. The van der Waals surface area contributed by atoms with Gasteiger partial charge in [0.15, 0.2) is 0 Å². The largest absolute Gasteiger partial charge is 0.494 e. The van der Waals surface area contributed by atoms with Crippen LogP contribution in [0.25, 0.3) is 11.4 Å². The molecule has 162 valence electrons. The van der Waals surface area contributed by atoms with Crippen LogP contribution in [-0.2, 0) is 11.2 Å². The lowest BCUT2D eigenvalue weighted by Gasteiger charge is -2.29. The standard InChI is InChI=1S/C25H29N3O3/c1-2-30-22-14-10-20(11-15-22)25-27-24(31-28-25)17-16-23(29)26-21-12-8-19(9-13-21)18-6-4-3-5-7-18/h3-7,10-11,14-15,19,21H,2,8-9,12-13,16-17H2,1H3,(H,26,29). The van der Waals surface area contributed by atoms with Gasteiger partial charge in [-0.1, -0.05) is 35.5 Å². The number of rotatable bonds is 8. The van der Waals surface area contributed by atoms with Gasteiger partial charge >= 0.3 is 0 Å². The molecule has 1 N–H and O–H groups in total. The molecule has 1 heterocycles. The molecule has 4 rings (SSSR count). The topological polar surface area (TPSA) is 77.2 Å². The quantitative estimate of drug-likeness (QED) is 0.561. The minimum absolute atomic E-state index is 0.0454. The number of ether oxygens (including phenoxy) is 1. The smallest absolute Gasteiger partial charge is 0.227 e. The zero-order chi connectivity index (χ0) is 21.5. The molecular weight excluding hydrogens is 390 g/mol. The fourth-order valence-electron chi connectivity index (χ4n) is 4.16. The number of amides is 1. The third kappa shape index (κ3) is 5.72. The highest BCUT2D eigenvalue weighted by Gasteiger charge is 2.23. The Bertz CT molecular complexity index is 961. The van der Waals surface area contributed by atoms with Crippen molar-refractivity contribution in [3.63, 3.8) is 0 Å². The minimum Gasteiger partial charge on any atom is -0.494 e. The number of nitrogens with one attached hydrogen (secondary N) is 1. The van der Waals surface area contributed by atoms with Gasteiger partial charge in [-0.05, 0) is 68.4 Å². The Labute approximate surface area is 183 Å². The van der Waals surface area contributed by atoms with E-state index in [4.69, 9.17) is 9.26 Å². The first-order valence-corrected chi connectivity index (χ1v) is 11.1. The predicted molar refractivity (Wildman–Crippen MR) is 119 cm³/mol. The van der Waals surface area contributed by atoms with Gasteiger partial charge in [0.25, 0.3) is 0 Å². The van der Waals surface area contributed by atoms with Gasteiger partial charge in [-0.25, -0.2) is 0 Å². The molecule has 0 atom stereocenters. The Morgan fingerprint density at radius 1 is 1.06 bits per heavy atom. The second kappa shape index (κ2) is 10.2. The van der Waals surface area contributed by atoms with E-state index < -0.39 is 0 Å². The highest BCUT2D eigenvalue weighted by atomic mass is 16.5. The van der Waals surface area contributed by atoms with E-state index >= 15 is 0 Å². The molecule has 31 heavy (non-hydrogen) atoms. The lowest BCUT2D eigenvalue weighted by Crippen LogP contribution is -2.37. The van der Waals surface area contributed by atoms with Crippen LogP contribution in [-0.4, -0.2) is 28.7 Å². The van der Waals surface area contributed by atoms with Crippen LogP contribution in [0.2, 0.25) is 0 Å². The highest BCUT2D eigenvalue weighted by molar-refractivity contribution is 5.76. The third-order valence-electron chi connectivity index (χ3n) is 5.82. The molecule has 1 aromatic heterocycles. The summed E-state index contributed by atoms with van der Waals surface area (Å²) < 4.78 is 10.8. The van der Waals surface area contributed by atoms with Crippen molar-refractivity contribution in [3.05, 3.63) is 66.1 Å². The molecule has 1 saturated carbocycles. The van der Waals surface area contributed by atoms with Gasteiger partial charge in [-0.2, -0.15) is 4.98 Å². The summed E-state index contributed by atoms with van der Waals surface area (Å²) in [5, 5.41) is 7.21.